The highest BCUT2D eigenvalue weighted by molar-refractivity contribution is 6.30. The lowest BCUT2D eigenvalue weighted by Gasteiger charge is -2.33. The summed E-state index contributed by atoms with van der Waals surface area (Å²) in [6.07, 6.45) is 3.89. The van der Waals surface area contributed by atoms with Crippen LogP contribution in [-0.4, -0.2) is 41.5 Å². The van der Waals surface area contributed by atoms with E-state index in [-0.39, 0.29) is 17.6 Å². The number of nitrogens with zero attached hydrogens (tertiary/aromatic N) is 2. The lowest BCUT2D eigenvalue weighted by Crippen LogP contribution is -2.48. The summed E-state index contributed by atoms with van der Waals surface area (Å²) in [6, 6.07) is 2.59. The fourth-order valence-corrected chi connectivity index (χ4v) is 2.38. The summed E-state index contributed by atoms with van der Waals surface area (Å²) < 4.78 is 4.75. The summed E-state index contributed by atoms with van der Waals surface area (Å²) in [5, 5.41) is 0.449. The highest BCUT2D eigenvalue weighted by Gasteiger charge is 2.33. The maximum Gasteiger partial charge on any atom is 0.328 e. The summed E-state index contributed by atoms with van der Waals surface area (Å²) in [5.74, 6) is -0.660. The molecule has 1 aromatic rings. The largest absolute Gasteiger partial charge is 0.467 e. The highest BCUT2D eigenvalue weighted by Crippen LogP contribution is 2.21. The third-order valence-electron chi connectivity index (χ3n) is 3.18. The Bertz CT molecular complexity index is 493. The van der Waals surface area contributed by atoms with Crippen LogP contribution in [0.15, 0.2) is 18.3 Å². The molecule has 1 unspecified atom stereocenters. The van der Waals surface area contributed by atoms with Gasteiger partial charge in [-0.15, -0.1) is 0 Å². The van der Waals surface area contributed by atoms with Crippen molar-refractivity contribution in [3.63, 3.8) is 0 Å². The Morgan fingerprint density at radius 2 is 2.26 bits per heavy atom. The minimum Gasteiger partial charge on any atom is -0.467 e. The van der Waals surface area contributed by atoms with Crippen LogP contribution in [0.2, 0.25) is 5.02 Å². The van der Waals surface area contributed by atoms with Gasteiger partial charge in [-0.05, 0) is 31.4 Å². The van der Waals surface area contributed by atoms with E-state index in [1.165, 1.54) is 24.3 Å². The molecule has 6 heteroatoms. The number of hydrogen-bond donors (Lipinski definition) is 0. The van der Waals surface area contributed by atoms with Crippen molar-refractivity contribution in [2.45, 2.75) is 25.3 Å². The first kappa shape index (κ1) is 13.8. The molecule has 1 aliphatic heterocycles. The van der Waals surface area contributed by atoms with Crippen molar-refractivity contribution in [2.75, 3.05) is 13.7 Å². The van der Waals surface area contributed by atoms with E-state index >= 15 is 0 Å². The van der Waals surface area contributed by atoms with Gasteiger partial charge in [0.1, 0.15) is 11.7 Å². The SMILES string of the molecule is COC(=O)C1CCCCN1C(=O)c1cc(Cl)ccn1. The number of esters is 1. The molecule has 1 atom stereocenters. The number of likely N-dealkylation sites (tertiary alicyclic amines) is 1. The quantitative estimate of drug-likeness (QED) is 0.778. The molecule has 1 aromatic heterocycles. The topological polar surface area (TPSA) is 59.5 Å². The van der Waals surface area contributed by atoms with Crippen molar-refractivity contribution in [1.29, 1.82) is 0 Å². The molecule has 5 nitrogen and oxygen atoms in total. The first-order valence-corrected chi connectivity index (χ1v) is 6.51. The van der Waals surface area contributed by atoms with Gasteiger partial charge < -0.3 is 9.64 Å². The lowest BCUT2D eigenvalue weighted by molar-refractivity contribution is -0.147. The number of ether oxygens (including phenoxy) is 1. The molecule has 0 aliphatic carbocycles. The van der Waals surface area contributed by atoms with Crippen LogP contribution in [0.25, 0.3) is 0 Å². The number of hydrogen-bond acceptors (Lipinski definition) is 4. The first-order chi connectivity index (χ1) is 9.13. The van der Waals surface area contributed by atoms with Gasteiger partial charge in [0.2, 0.25) is 0 Å². The van der Waals surface area contributed by atoms with E-state index in [1.807, 2.05) is 0 Å². The molecule has 1 fully saturated rings. The smallest absolute Gasteiger partial charge is 0.328 e. The second kappa shape index (κ2) is 6.02. The number of carbonyl (C=O) groups excluding carboxylic acids is 2. The molecule has 1 amide bonds. The van der Waals surface area contributed by atoms with Crippen molar-refractivity contribution in [1.82, 2.24) is 9.88 Å². The van der Waals surface area contributed by atoms with Gasteiger partial charge in [-0.3, -0.25) is 9.78 Å². The maximum atomic E-state index is 12.4. The maximum absolute atomic E-state index is 12.4. The van der Waals surface area contributed by atoms with E-state index in [2.05, 4.69) is 4.98 Å². The second-order valence-electron chi connectivity index (χ2n) is 4.39. The highest BCUT2D eigenvalue weighted by atomic mass is 35.5. The van der Waals surface area contributed by atoms with Crippen molar-refractivity contribution in [3.8, 4) is 0 Å². The fourth-order valence-electron chi connectivity index (χ4n) is 2.22. The van der Waals surface area contributed by atoms with Crippen LogP contribution in [0.1, 0.15) is 29.8 Å². The predicted molar refractivity (Wildman–Crippen MR) is 69.9 cm³/mol. The molecule has 2 heterocycles. The van der Waals surface area contributed by atoms with E-state index in [0.717, 1.165) is 12.8 Å². The average molecular weight is 283 g/mol. The molecule has 0 N–H and O–H groups in total. The van der Waals surface area contributed by atoms with E-state index < -0.39 is 6.04 Å². The zero-order valence-corrected chi connectivity index (χ0v) is 11.4. The Hall–Kier alpha value is -1.62. The van der Waals surface area contributed by atoms with Gasteiger partial charge in [-0.25, -0.2) is 4.79 Å². The van der Waals surface area contributed by atoms with Gasteiger partial charge in [-0.1, -0.05) is 11.6 Å². The lowest BCUT2D eigenvalue weighted by atomic mass is 10.0. The number of pyridine rings is 1. The van der Waals surface area contributed by atoms with Gasteiger partial charge in [0.15, 0.2) is 0 Å². The molecule has 1 aliphatic rings. The van der Waals surface area contributed by atoms with E-state index in [4.69, 9.17) is 16.3 Å². The number of aromatic nitrogens is 1. The number of carbonyl (C=O) groups is 2. The molecule has 0 spiro atoms. The normalized spacial score (nSPS) is 19.1. The van der Waals surface area contributed by atoms with Crippen LogP contribution in [0, 0.1) is 0 Å². The summed E-state index contributed by atoms with van der Waals surface area (Å²) >= 11 is 5.85. The van der Waals surface area contributed by atoms with E-state index in [1.54, 1.807) is 6.07 Å². The van der Waals surface area contributed by atoms with Gasteiger partial charge in [0.25, 0.3) is 5.91 Å². The molecular formula is C13H15ClN2O3. The Balaban J connectivity index is 2.22. The van der Waals surface area contributed by atoms with Crippen LogP contribution in [0.5, 0.6) is 0 Å². The third kappa shape index (κ3) is 3.04. The predicted octanol–water partition coefficient (Wildman–Crippen LogP) is 1.90. The Kier molecular flexibility index (Phi) is 4.37. The molecule has 0 bridgehead atoms. The summed E-state index contributed by atoms with van der Waals surface area (Å²) in [4.78, 5) is 29.6. The van der Waals surface area contributed by atoms with Crippen molar-refractivity contribution in [3.05, 3.63) is 29.0 Å². The molecule has 0 saturated carbocycles. The fraction of sp³-hybridized carbons (Fsp3) is 0.462. The summed E-state index contributed by atoms with van der Waals surface area (Å²) in [6.45, 7) is 0.535. The van der Waals surface area contributed by atoms with Crippen LogP contribution in [0.3, 0.4) is 0 Å². The van der Waals surface area contributed by atoms with Crippen LogP contribution < -0.4 is 0 Å². The zero-order chi connectivity index (χ0) is 13.8. The van der Waals surface area contributed by atoms with Gasteiger partial charge in [0, 0.05) is 17.8 Å². The van der Waals surface area contributed by atoms with Gasteiger partial charge in [0.05, 0.1) is 7.11 Å². The Morgan fingerprint density at radius 3 is 2.95 bits per heavy atom. The van der Waals surface area contributed by atoms with Crippen LogP contribution >= 0.6 is 11.6 Å². The summed E-state index contributed by atoms with van der Waals surface area (Å²) in [7, 11) is 1.33. The molecule has 1 saturated heterocycles. The van der Waals surface area contributed by atoms with Gasteiger partial charge >= 0.3 is 5.97 Å². The van der Waals surface area contributed by atoms with Crippen molar-refractivity contribution < 1.29 is 14.3 Å². The van der Waals surface area contributed by atoms with Crippen molar-refractivity contribution >= 4 is 23.5 Å². The van der Waals surface area contributed by atoms with Crippen LogP contribution in [0.4, 0.5) is 0 Å². The Labute approximate surface area is 116 Å². The molecule has 102 valence electrons. The Morgan fingerprint density at radius 1 is 1.47 bits per heavy atom. The average Bonchev–Trinajstić information content (AvgIpc) is 2.45. The monoisotopic (exact) mass is 282 g/mol. The number of methoxy groups -OCH3 is 1. The van der Waals surface area contributed by atoms with Crippen molar-refractivity contribution in [2.24, 2.45) is 0 Å². The van der Waals surface area contributed by atoms with Crippen LogP contribution in [-0.2, 0) is 9.53 Å². The minimum atomic E-state index is -0.521. The second-order valence-corrected chi connectivity index (χ2v) is 4.83. The molecule has 2 rings (SSSR count). The standard InChI is InChI=1S/C13H15ClN2O3/c1-19-13(18)11-4-2-3-7-16(11)12(17)10-8-9(14)5-6-15-10/h5-6,8,11H,2-4,7H2,1H3. The number of halogens is 1. The van der Waals surface area contributed by atoms with Gasteiger partial charge in [-0.2, -0.15) is 0 Å². The van der Waals surface area contributed by atoms with E-state index in [0.29, 0.717) is 18.0 Å². The minimum absolute atomic E-state index is 0.253. The molecule has 0 aromatic carbocycles. The first-order valence-electron chi connectivity index (χ1n) is 6.14. The number of rotatable bonds is 2. The third-order valence-corrected chi connectivity index (χ3v) is 3.41. The molecular weight excluding hydrogens is 268 g/mol. The molecule has 19 heavy (non-hydrogen) atoms. The zero-order valence-electron chi connectivity index (χ0n) is 10.6. The molecule has 0 radical (unpaired) electrons. The number of amides is 1. The summed E-state index contributed by atoms with van der Waals surface area (Å²) in [5.41, 5.74) is 0.253. The number of piperidine rings is 1. The van der Waals surface area contributed by atoms with E-state index in [9.17, 15) is 9.59 Å².